The predicted octanol–water partition coefficient (Wildman–Crippen LogP) is 5.22. The summed E-state index contributed by atoms with van der Waals surface area (Å²) in [5, 5.41) is 2.34. The number of carbonyl (C=O) groups excluding carboxylic acids is 1. The van der Waals surface area contributed by atoms with Crippen molar-refractivity contribution in [1.82, 2.24) is 0 Å². The van der Waals surface area contributed by atoms with Crippen LogP contribution in [0.25, 0.3) is 0 Å². The lowest BCUT2D eigenvalue weighted by Crippen LogP contribution is -2.68. The molecule has 0 fully saturated rings. The van der Waals surface area contributed by atoms with E-state index in [1.807, 2.05) is 43.3 Å². The van der Waals surface area contributed by atoms with E-state index in [-0.39, 0.29) is 10.8 Å². The first-order chi connectivity index (χ1) is 13.4. The normalized spacial score (nSPS) is 11.9. The summed E-state index contributed by atoms with van der Waals surface area (Å²) in [7, 11) is -2.67. The van der Waals surface area contributed by atoms with Gasteiger partial charge in [-0.15, -0.1) is 0 Å². The summed E-state index contributed by atoms with van der Waals surface area (Å²) in [5.74, 6) is 0.890. The summed E-state index contributed by atoms with van der Waals surface area (Å²) in [6.45, 7) is 8.64. The molecule has 0 aromatic heterocycles. The van der Waals surface area contributed by atoms with Crippen LogP contribution in [-0.4, -0.2) is 14.1 Å². The van der Waals surface area contributed by atoms with Gasteiger partial charge in [0, 0.05) is 12.0 Å². The number of ketones is 1. The lowest BCUT2D eigenvalue weighted by Gasteiger charge is -2.43. The summed E-state index contributed by atoms with van der Waals surface area (Å²) in [4.78, 5) is 12.2. The van der Waals surface area contributed by atoms with Gasteiger partial charge >= 0.3 is 8.32 Å². The molecule has 3 heteroatoms. The molecule has 0 bridgehead atoms. The van der Waals surface area contributed by atoms with Crippen LogP contribution in [0.3, 0.4) is 0 Å². The van der Waals surface area contributed by atoms with E-state index in [2.05, 4.69) is 69.3 Å². The molecule has 3 aromatic carbocycles. The van der Waals surface area contributed by atoms with Crippen LogP contribution in [0.1, 0.15) is 44.5 Å². The standard InChI is InChI=1S/C25H28O2Si/c1-5-24(26)20-13-12-14-21(19-20)27-28(25(2,3)4,22-15-8-6-9-16-22)23-17-10-7-11-18-23/h6-19H,5H2,1-4H3. The minimum Gasteiger partial charge on any atom is -0.534 e. The molecule has 144 valence electrons. The zero-order valence-corrected chi connectivity index (χ0v) is 18.1. The van der Waals surface area contributed by atoms with Crippen LogP contribution in [0.4, 0.5) is 0 Å². The van der Waals surface area contributed by atoms with Crippen molar-refractivity contribution in [3.05, 3.63) is 90.5 Å². The highest BCUT2D eigenvalue weighted by Gasteiger charge is 2.52. The second kappa shape index (κ2) is 8.15. The van der Waals surface area contributed by atoms with Crippen molar-refractivity contribution in [2.75, 3.05) is 0 Å². The van der Waals surface area contributed by atoms with Gasteiger partial charge in [-0.25, -0.2) is 0 Å². The topological polar surface area (TPSA) is 26.3 Å². The molecule has 0 heterocycles. The Morgan fingerprint density at radius 3 is 1.82 bits per heavy atom. The Kier molecular flexibility index (Phi) is 5.85. The van der Waals surface area contributed by atoms with Crippen molar-refractivity contribution in [3.8, 4) is 5.75 Å². The highest BCUT2D eigenvalue weighted by atomic mass is 28.4. The molecule has 2 nitrogen and oxygen atoms in total. The molecule has 0 amide bonds. The number of benzene rings is 3. The monoisotopic (exact) mass is 388 g/mol. The van der Waals surface area contributed by atoms with E-state index >= 15 is 0 Å². The minimum atomic E-state index is -2.67. The summed E-state index contributed by atoms with van der Waals surface area (Å²) in [6.07, 6.45) is 0.489. The van der Waals surface area contributed by atoms with E-state index in [0.29, 0.717) is 12.0 Å². The number of carbonyl (C=O) groups is 1. The van der Waals surface area contributed by atoms with Gasteiger partial charge < -0.3 is 4.43 Å². The van der Waals surface area contributed by atoms with E-state index in [4.69, 9.17) is 4.43 Å². The zero-order valence-electron chi connectivity index (χ0n) is 17.1. The fourth-order valence-electron chi connectivity index (χ4n) is 3.76. The van der Waals surface area contributed by atoms with E-state index in [1.54, 1.807) is 0 Å². The number of rotatable bonds is 6. The number of Topliss-reactive ketones (excluding diaryl/α,β-unsaturated/α-hetero) is 1. The molecular formula is C25H28O2Si. The molecule has 0 radical (unpaired) electrons. The molecule has 0 aliphatic carbocycles. The summed E-state index contributed by atoms with van der Waals surface area (Å²) < 4.78 is 6.96. The zero-order chi connectivity index (χ0) is 20.2. The molecule has 0 atom stereocenters. The van der Waals surface area contributed by atoms with Gasteiger partial charge in [-0.1, -0.05) is 100 Å². The molecule has 28 heavy (non-hydrogen) atoms. The van der Waals surface area contributed by atoms with Crippen LogP contribution in [0.15, 0.2) is 84.9 Å². The fraction of sp³-hybridized carbons (Fsp3) is 0.240. The third kappa shape index (κ3) is 3.81. The smallest absolute Gasteiger partial charge is 0.319 e. The van der Waals surface area contributed by atoms with E-state index in [9.17, 15) is 4.79 Å². The molecule has 0 saturated carbocycles. The molecule has 0 aliphatic heterocycles. The highest BCUT2D eigenvalue weighted by molar-refractivity contribution is 7.00. The molecule has 0 N–H and O–H groups in total. The van der Waals surface area contributed by atoms with Crippen LogP contribution in [0, 0.1) is 0 Å². The second-order valence-corrected chi connectivity index (χ2v) is 12.3. The Labute approximate surface area is 169 Å². The molecule has 0 saturated heterocycles. The van der Waals surface area contributed by atoms with Crippen LogP contribution in [0.2, 0.25) is 5.04 Å². The molecule has 0 unspecified atom stereocenters. The predicted molar refractivity (Wildman–Crippen MR) is 119 cm³/mol. The first-order valence-corrected chi connectivity index (χ1v) is 11.7. The number of hydrogen-bond acceptors (Lipinski definition) is 2. The first kappa shape index (κ1) is 20.1. The van der Waals surface area contributed by atoms with Crippen molar-refractivity contribution < 1.29 is 9.22 Å². The Hall–Kier alpha value is -2.65. The third-order valence-electron chi connectivity index (χ3n) is 5.16. The van der Waals surface area contributed by atoms with Crippen LogP contribution in [-0.2, 0) is 0 Å². The maximum Gasteiger partial charge on any atom is 0.319 e. The van der Waals surface area contributed by atoms with Crippen LogP contribution < -0.4 is 14.8 Å². The van der Waals surface area contributed by atoms with Gasteiger partial charge in [-0.3, -0.25) is 4.79 Å². The lowest BCUT2D eigenvalue weighted by atomic mass is 10.1. The molecule has 3 rings (SSSR count). The van der Waals surface area contributed by atoms with Crippen molar-refractivity contribution in [2.24, 2.45) is 0 Å². The Morgan fingerprint density at radius 2 is 1.36 bits per heavy atom. The first-order valence-electron chi connectivity index (χ1n) is 9.82. The Bertz CT molecular complexity index is 888. The van der Waals surface area contributed by atoms with Gasteiger partial charge in [0.05, 0.1) is 0 Å². The van der Waals surface area contributed by atoms with Gasteiger partial charge in [-0.05, 0) is 27.5 Å². The summed E-state index contributed by atoms with van der Waals surface area (Å²) in [5.41, 5.74) is 0.706. The van der Waals surface area contributed by atoms with Crippen LogP contribution in [0.5, 0.6) is 5.75 Å². The molecular weight excluding hydrogens is 360 g/mol. The Balaban J connectivity index is 2.21. The van der Waals surface area contributed by atoms with Gasteiger partial charge in [0.25, 0.3) is 0 Å². The van der Waals surface area contributed by atoms with Crippen molar-refractivity contribution in [1.29, 1.82) is 0 Å². The third-order valence-corrected chi connectivity index (χ3v) is 10.1. The highest BCUT2D eigenvalue weighted by Crippen LogP contribution is 2.37. The number of hydrogen-bond donors (Lipinski definition) is 0. The van der Waals surface area contributed by atoms with Crippen molar-refractivity contribution in [2.45, 2.75) is 39.2 Å². The van der Waals surface area contributed by atoms with Gasteiger partial charge in [-0.2, -0.15) is 0 Å². The quantitative estimate of drug-likeness (QED) is 0.427. The van der Waals surface area contributed by atoms with Gasteiger partial charge in [0.1, 0.15) is 5.75 Å². The molecule has 0 aliphatic rings. The molecule has 0 spiro atoms. The fourth-order valence-corrected chi connectivity index (χ4v) is 8.17. The average Bonchev–Trinajstić information content (AvgIpc) is 2.72. The lowest BCUT2D eigenvalue weighted by molar-refractivity contribution is 0.0988. The average molecular weight is 389 g/mol. The minimum absolute atomic E-state index is 0.111. The molecule has 3 aromatic rings. The largest absolute Gasteiger partial charge is 0.534 e. The van der Waals surface area contributed by atoms with Gasteiger partial charge in [0.2, 0.25) is 0 Å². The Morgan fingerprint density at radius 1 is 0.821 bits per heavy atom. The maximum absolute atomic E-state index is 12.2. The van der Waals surface area contributed by atoms with E-state index < -0.39 is 8.32 Å². The second-order valence-electron chi connectivity index (χ2n) is 8.07. The maximum atomic E-state index is 12.2. The SMILES string of the molecule is CCC(=O)c1cccc(O[Si](c2ccccc2)(c2ccccc2)C(C)(C)C)c1. The van der Waals surface area contributed by atoms with Crippen LogP contribution >= 0.6 is 0 Å². The van der Waals surface area contributed by atoms with Gasteiger partial charge in [0.15, 0.2) is 5.78 Å². The summed E-state index contributed by atoms with van der Waals surface area (Å²) >= 11 is 0. The van der Waals surface area contributed by atoms with E-state index in [0.717, 1.165) is 5.75 Å². The summed E-state index contributed by atoms with van der Waals surface area (Å²) in [6, 6.07) is 28.7. The van der Waals surface area contributed by atoms with E-state index in [1.165, 1.54) is 10.4 Å². The van der Waals surface area contributed by atoms with Crippen molar-refractivity contribution >= 4 is 24.5 Å². The van der Waals surface area contributed by atoms with Crippen molar-refractivity contribution in [3.63, 3.8) is 0 Å².